The Morgan fingerprint density at radius 2 is 1.10 bits per heavy atom. The Balaban J connectivity index is 0.00000292. The topological polar surface area (TPSA) is 0 Å². The molecule has 2 aliphatic rings. The molecule has 1 unspecified atom stereocenters. The molecule has 0 aromatic heterocycles. The molecular weight excluding hydrogens is 781 g/mol. The second kappa shape index (κ2) is 15.0. The van der Waals surface area contributed by atoms with Gasteiger partial charge in [0.25, 0.3) is 0 Å². The van der Waals surface area contributed by atoms with Crippen molar-refractivity contribution < 1.29 is 72.4 Å². The summed E-state index contributed by atoms with van der Waals surface area (Å²) < 4.78 is 87.6. The van der Waals surface area contributed by atoms with E-state index in [0.717, 1.165) is 63.2 Å². The van der Waals surface area contributed by atoms with Gasteiger partial charge in [-0.05, 0) is 0 Å². The fourth-order valence-corrected chi connectivity index (χ4v) is 17.2. The minimum absolute atomic E-state index is 0. The van der Waals surface area contributed by atoms with Gasteiger partial charge in [0.05, 0.1) is 0 Å². The monoisotopic (exact) mass is 818 g/mol. The van der Waals surface area contributed by atoms with Crippen molar-refractivity contribution in [1.29, 1.82) is 0 Å². The van der Waals surface area contributed by atoms with E-state index in [-0.39, 0.29) is 45.7 Å². The van der Waals surface area contributed by atoms with Gasteiger partial charge in [-0.3, -0.25) is 0 Å². The van der Waals surface area contributed by atoms with Gasteiger partial charge in [-0.1, -0.05) is 0 Å². The summed E-state index contributed by atoms with van der Waals surface area (Å²) in [5.74, 6) is 0.165. The number of rotatable bonds is 5. The summed E-state index contributed by atoms with van der Waals surface area (Å²) in [4.78, 5) is 0. The van der Waals surface area contributed by atoms with Gasteiger partial charge in [0.2, 0.25) is 0 Å². The molecule has 4 aromatic rings. The molecule has 0 spiro atoms. The van der Waals surface area contributed by atoms with Gasteiger partial charge < -0.3 is 24.8 Å². The minimum atomic E-state index is -4.62. The van der Waals surface area contributed by atoms with E-state index in [9.17, 15) is 26.3 Å². The van der Waals surface area contributed by atoms with Gasteiger partial charge in [-0.15, -0.1) is 0 Å². The molecule has 9 heteroatoms. The largest absolute Gasteiger partial charge is 1.00 e. The predicted molar refractivity (Wildman–Crippen MR) is 183 cm³/mol. The normalized spacial score (nSPS) is 15.6. The zero-order valence-corrected chi connectivity index (χ0v) is 33.5. The summed E-state index contributed by atoms with van der Waals surface area (Å²) in [6, 6.07) is 23.2. The molecule has 6 rings (SSSR count). The predicted octanol–water partition coefficient (Wildman–Crippen LogP) is 6.45. The van der Waals surface area contributed by atoms with Crippen LogP contribution in [0.2, 0.25) is 0 Å². The van der Waals surface area contributed by atoms with Crippen molar-refractivity contribution in [2.24, 2.45) is 17.3 Å². The van der Waals surface area contributed by atoms with Crippen LogP contribution in [0.25, 0.3) is 11.1 Å². The Hall–Kier alpha value is -2.73. The van der Waals surface area contributed by atoms with E-state index in [0.29, 0.717) is 14.3 Å². The zero-order valence-electron chi connectivity index (χ0n) is 29.5. The van der Waals surface area contributed by atoms with E-state index in [1.165, 1.54) is 15.4 Å². The third-order valence-corrected chi connectivity index (χ3v) is 18.2. The molecule has 0 saturated carbocycles. The van der Waals surface area contributed by atoms with Gasteiger partial charge in [0, 0.05) is 0 Å². The molecule has 1 atom stereocenters. The fraction of sp³-hybridized carbons (Fsp3) is 0.310. The van der Waals surface area contributed by atoms with Crippen LogP contribution >= 0.6 is 0 Å². The third-order valence-electron chi connectivity index (χ3n) is 9.77. The summed E-state index contributed by atoms with van der Waals surface area (Å²) in [6.07, 6.45) is -4.66. The number of benzene rings is 4. The van der Waals surface area contributed by atoms with Crippen molar-refractivity contribution >= 4 is 3.21 Å². The summed E-state index contributed by atoms with van der Waals surface area (Å²) >= 11 is -3.72. The van der Waals surface area contributed by atoms with Crippen LogP contribution < -0.4 is 24.8 Å². The van der Waals surface area contributed by atoms with Crippen molar-refractivity contribution in [3.05, 3.63) is 150 Å². The molecule has 2 aliphatic carbocycles. The molecule has 0 saturated heterocycles. The molecule has 0 N–H and O–H groups in total. The molecule has 0 amide bonds. The maximum atomic E-state index is 14.3. The molecule has 0 bridgehead atoms. The standard InChI is InChI=1S/C15H8F6.C15H13.C12H19.2ClH.Zr/c16-14(17,18)12-5-1-3-10(8-12)7-11-4-2-6-13(9-11)15(19,20)21;1-10-3-5-14-12(7-10)9-13-8-11(2)4-6-15(13)14;1-9(2)10-6-7-11(8-10)12(3,4)5;;;/h1-6,8-9H;3-9H,1-2H3;7-10H,1-5H3;2*1H;/q;;;;;+2/p-2. The van der Waals surface area contributed by atoms with E-state index >= 15 is 0 Å². The number of fused-ring (bicyclic) bond motifs is 3. The van der Waals surface area contributed by atoms with E-state index in [2.05, 4.69) is 83.2 Å². The van der Waals surface area contributed by atoms with E-state index in [1.807, 2.05) is 13.8 Å². The number of halogens is 8. The Kier molecular flexibility index (Phi) is 12.0. The molecule has 0 nitrogen and oxygen atoms in total. The van der Waals surface area contributed by atoms with E-state index in [1.54, 1.807) is 12.1 Å². The van der Waals surface area contributed by atoms with Crippen LogP contribution in [0.15, 0.2) is 106 Å². The van der Waals surface area contributed by atoms with Crippen molar-refractivity contribution in [3.8, 4) is 11.1 Å². The van der Waals surface area contributed by atoms with Crippen LogP contribution in [0.4, 0.5) is 26.3 Å². The molecule has 0 radical (unpaired) electrons. The van der Waals surface area contributed by atoms with Gasteiger partial charge in [-0.2, -0.15) is 0 Å². The van der Waals surface area contributed by atoms with E-state index in [4.69, 9.17) is 0 Å². The van der Waals surface area contributed by atoms with Crippen LogP contribution in [0.5, 0.6) is 0 Å². The van der Waals surface area contributed by atoms with E-state index < -0.39 is 44.7 Å². The first-order chi connectivity index (χ1) is 22.8. The average Bonchev–Trinajstić information content (AvgIpc) is 3.59. The minimum Gasteiger partial charge on any atom is -1.00 e. The number of hydrogen-bond acceptors (Lipinski definition) is 0. The van der Waals surface area contributed by atoms with Crippen molar-refractivity contribution in [3.63, 3.8) is 0 Å². The number of alkyl halides is 6. The Labute approximate surface area is 317 Å². The smallest absolute Gasteiger partial charge is 1.00 e. The second-order valence-electron chi connectivity index (χ2n) is 14.8. The average molecular weight is 821 g/mol. The van der Waals surface area contributed by atoms with Gasteiger partial charge in [0.15, 0.2) is 0 Å². The first kappa shape index (κ1) is 41.0. The first-order valence-corrected chi connectivity index (χ1v) is 20.5. The summed E-state index contributed by atoms with van der Waals surface area (Å²) in [5.41, 5.74) is 6.51. The molecule has 51 heavy (non-hydrogen) atoms. The molecule has 0 heterocycles. The third kappa shape index (κ3) is 8.11. The summed E-state index contributed by atoms with van der Waals surface area (Å²) in [6.45, 7) is 14.8. The SMILES string of the molecule is Cc1ccc2c(c1)[CH]([Zr+2]([C]1=CC(C(C)(C)C)=CC1C(C)C)=[C](c1cccc(C(F)(F)F)c1)c1cccc(C(F)(F)F)c1)c1cc(C)ccc1-2.[Cl-].[Cl-]. The Morgan fingerprint density at radius 1 is 0.647 bits per heavy atom. The van der Waals surface area contributed by atoms with Crippen LogP contribution in [-0.4, -0.2) is 3.21 Å². The summed E-state index contributed by atoms with van der Waals surface area (Å²) in [7, 11) is 0. The Bertz CT molecular complexity index is 1930. The van der Waals surface area contributed by atoms with Crippen LogP contribution in [-0.2, 0) is 33.6 Å². The van der Waals surface area contributed by atoms with Crippen molar-refractivity contribution in [1.82, 2.24) is 0 Å². The van der Waals surface area contributed by atoms with Crippen molar-refractivity contribution in [2.75, 3.05) is 0 Å². The van der Waals surface area contributed by atoms with Crippen LogP contribution in [0.3, 0.4) is 0 Å². The fourth-order valence-electron chi connectivity index (χ4n) is 7.32. The molecule has 0 fully saturated rings. The first-order valence-electron chi connectivity index (χ1n) is 16.6. The number of aryl methyl sites for hydroxylation is 2. The Morgan fingerprint density at radius 3 is 1.49 bits per heavy atom. The molecule has 4 aromatic carbocycles. The van der Waals surface area contributed by atoms with Gasteiger partial charge in [-0.25, -0.2) is 0 Å². The molecule has 268 valence electrons. The maximum absolute atomic E-state index is 14.3. The van der Waals surface area contributed by atoms with Gasteiger partial charge >= 0.3 is 294 Å². The van der Waals surface area contributed by atoms with Crippen molar-refractivity contribution in [2.45, 2.75) is 64.4 Å². The zero-order chi connectivity index (χ0) is 35.6. The maximum Gasteiger partial charge on any atom is -1.00 e. The number of allylic oxidation sites excluding steroid dienone is 4. The number of hydrogen-bond donors (Lipinski definition) is 0. The van der Waals surface area contributed by atoms with Crippen LogP contribution in [0, 0.1) is 31.1 Å². The summed E-state index contributed by atoms with van der Waals surface area (Å²) in [5, 5.41) is 0. The second-order valence-corrected chi connectivity index (χ2v) is 20.9. The quantitative estimate of drug-likeness (QED) is 0.204. The molecule has 0 aliphatic heterocycles. The van der Waals surface area contributed by atoms with Gasteiger partial charge in [0.1, 0.15) is 0 Å². The van der Waals surface area contributed by atoms with Crippen LogP contribution in [0.1, 0.15) is 82.8 Å². The molecular formula is C42H40Cl2F6Zr.